The Morgan fingerprint density at radius 2 is 2.11 bits per heavy atom. The van der Waals surface area contributed by atoms with E-state index in [-0.39, 0.29) is 11.5 Å². The summed E-state index contributed by atoms with van der Waals surface area (Å²) in [5.74, 6) is 1.18. The molecule has 0 amide bonds. The zero-order chi connectivity index (χ0) is 13.3. The van der Waals surface area contributed by atoms with Crippen molar-refractivity contribution in [3.8, 4) is 0 Å². The molecule has 2 aromatic rings. The smallest absolute Gasteiger partial charge is 0.245 e. The fourth-order valence-corrected chi connectivity index (χ4v) is 2.35. The number of benzene rings is 1. The molecule has 0 saturated heterocycles. The number of ether oxygens (including phenoxy) is 1. The minimum absolute atomic E-state index is 0.0736. The Labute approximate surface area is 111 Å². The quantitative estimate of drug-likeness (QED) is 0.886. The largest absolute Gasteiger partial charge is 0.383 e. The summed E-state index contributed by atoms with van der Waals surface area (Å²) in [6, 6.07) is 9.93. The van der Waals surface area contributed by atoms with E-state index in [0.717, 1.165) is 18.7 Å². The lowest BCUT2D eigenvalue weighted by atomic mass is 9.95. The molecular weight excluding hydrogens is 242 g/mol. The highest BCUT2D eigenvalue weighted by atomic mass is 16.5. The molecule has 0 aliphatic heterocycles. The van der Waals surface area contributed by atoms with Crippen LogP contribution in [0.1, 0.15) is 36.2 Å². The fraction of sp³-hybridized carbons (Fsp3) is 0.429. The molecule has 1 aliphatic rings. The van der Waals surface area contributed by atoms with Crippen LogP contribution in [0.5, 0.6) is 0 Å². The van der Waals surface area contributed by atoms with Gasteiger partial charge in [0.2, 0.25) is 5.89 Å². The minimum atomic E-state index is -0.363. The topological polar surface area (TPSA) is 74.2 Å². The third-order valence-electron chi connectivity index (χ3n) is 3.61. The summed E-state index contributed by atoms with van der Waals surface area (Å²) in [6.07, 6.45) is 2.10. The first kappa shape index (κ1) is 12.3. The lowest BCUT2D eigenvalue weighted by Crippen LogP contribution is -2.17. The van der Waals surface area contributed by atoms with Gasteiger partial charge in [-0.2, -0.15) is 4.98 Å². The number of hydrogen-bond acceptors (Lipinski definition) is 5. The maximum atomic E-state index is 5.90. The molecule has 1 aromatic carbocycles. The number of aromatic nitrogens is 2. The van der Waals surface area contributed by atoms with Crippen LogP contribution in [-0.2, 0) is 10.2 Å². The molecule has 5 nitrogen and oxygen atoms in total. The summed E-state index contributed by atoms with van der Waals surface area (Å²) in [6.45, 7) is 0.375. The van der Waals surface area contributed by atoms with Crippen molar-refractivity contribution in [3.05, 3.63) is 47.6 Å². The van der Waals surface area contributed by atoms with Crippen LogP contribution < -0.4 is 5.73 Å². The Hall–Kier alpha value is -1.72. The second kappa shape index (κ2) is 4.75. The second-order valence-corrected chi connectivity index (χ2v) is 4.97. The van der Waals surface area contributed by atoms with Crippen LogP contribution in [0, 0.1) is 0 Å². The predicted molar refractivity (Wildman–Crippen MR) is 69.6 cm³/mol. The molecule has 1 saturated carbocycles. The molecule has 1 atom stereocenters. The van der Waals surface area contributed by atoms with Crippen LogP contribution in [0.4, 0.5) is 0 Å². The summed E-state index contributed by atoms with van der Waals surface area (Å²) in [4.78, 5) is 4.46. The normalized spacial score (nSPS) is 18.2. The number of nitrogens with zero attached hydrogens (tertiary/aromatic N) is 2. The zero-order valence-corrected chi connectivity index (χ0v) is 10.9. The molecule has 100 valence electrons. The molecule has 2 N–H and O–H groups in total. The van der Waals surface area contributed by atoms with E-state index in [0.29, 0.717) is 12.5 Å². The molecule has 0 radical (unpaired) electrons. The zero-order valence-electron chi connectivity index (χ0n) is 10.9. The third-order valence-corrected chi connectivity index (χ3v) is 3.61. The summed E-state index contributed by atoms with van der Waals surface area (Å²) < 4.78 is 10.3. The Morgan fingerprint density at radius 3 is 2.74 bits per heavy atom. The van der Waals surface area contributed by atoms with Crippen molar-refractivity contribution in [3.63, 3.8) is 0 Å². The van der Waals surface area contributed by atoms with Crippen molar-refractivity contribution in [2.45, 2.75) is 24.3 Å². The number of hydrogen-bond donors (Lipinski definition) is 1. The van der Waals surface area contributed by atoms with Gasteiger partial charge in [0.05, 0.1) is 12.0 Å². The fourth-order valence-electron chi connectivity index (χ4n) is 2.35. The van der Waals surface area contributed by atoms with Gasteiger partial charge in [-0.05, 0) is 18.4 Å². The molecule has 1 fully saturated rings. The van der Waals surface area contributed by atoms with E-state index >= 15 is 0 Å². The van der Waals surface area contributed by atoms with Crippen LogP contribution >= 0.6 is 0 Å². The highest BCUT2D eigenvalue weighted by Crippen LogP contribution is 2.52. The van der Waals surface area contributed by atoms with Crippen LogP contribution in [0.3, 0.4) is 0 Å². The monoisotopic (exact) mass is 259 g/mol. The minimum Gasteiger partial charge on any atom is -0.383 e. The SMILES string of the molecule is COCC(N)c1nc(C2(c3ccccc3)CC2)no1. The number of nitrogens with two attached hydrogens (primary N) is 1. The Balaban J connectivity index is 1.87. The van der Waals surface area contributed by atoms with Crippen molar-refractivity contribution in [2.24, 2.45) is 5.73 Å². The van der Waals surface area contributed by atoms with Crippen LogP contribution in [-0.4, -0.2) is 23.9 Å². The maximum Gasteiger partial charge on any atom is 0.245 e. The Morgan fingerprint density at radius 1 is 1.37 bits per heavy atom. The van der Waals surface area contributed by atoms with Gasteiger partial charge in [0.25, 0.3) is 0 Å². The lowest BCUT2D eigenvalue weighted by Gasteiger charge is -2.10. The standard InChI is InChI=1S/C14H17N3O2/c1-18-9-11(15)12-16-13(17-19-12)14(7-8-14)10-5-3-2-4-6-10/h2-6,11H,7-9,15H2,1H3. The molecular formula is C14H17N3O2. The van der Waals surface area contributed by atoms with Crippen molar-refractivity contribution < 1.29 is 9.26 Å². The predicted octanol–water partition coefficient (Wildman–Crippen LogP) is 1.80. The number of rotatable bonds is 5. The first-order valence-electron chi connectivity index (χ1n) is 6.40. The highest BCUT2D eigenvalue weighted by Gasteiger charge is 2.50. The van der Waals surface area contributed by atoms with E-state index in [4.69, 9.17) is 15.0 Å². The Kier molecular flexibility index (Phi) is 3.08. The van der Waals surface area contributed by atoms with Crippen LogP contribution in [0.25, 0.3) is 0 Å². The summed E-state index contributed by atoms with van der Waals surface area (Å²) in [5, 5.41) is 4.11. The van der Waals surface area contributed by atoms with Crippen molar-refractivity contribution in [1.82, 2.24) is 10.1 Å². The molecule has 1 aliphatic carbocycles. The van der Waals surface area contributed by atoms with Gasteiger partial charge < -0.3 is 15.0 Å². The van der Waals surface area contributed by atoms with Gasteiger partial charge in [0.15, 0.2) is 5.82 Å². The number of methoxy groups -OCH3 is 1. The summed E-state index contributed by atoms with van der Waals surface area (Å²) in [5.41, 5.74) is 7.06. The van der Waals surface area contributed by atoms with E-state index in [1.54, 1.807) is 7.11 Å². The molecule has 3 rings (SSSR count). The van der Waals surface area contributed by atoms with Crippen molar-refractivity contribution in [1.29, 1.82) is 0 Å². The molecule has 19 heavy (non-hydrogen) atoms. The van der Waals surface area contributed by atoms with Crippen LogP contribution in [0.15, 0.2) is 34.9 Å². The third kappa shape index (κ3) is 2.15. The van der Waals surface area contributed by atoms with Gasteiger partial charge in [-0.3, -0.25) is 0 Å². The van der Waals surface area contributed by atoms with E-state index in [9.17, 15) is 0 Å². The molecule has 0 bridgehead atoms. The van der Waals surface area contributed by atoms with Crippen molar-refractivity contribution in [2.75, 3.05) is 13.7 Å². The van der Waals surface area contributed by atoms with Crippen molar-refractivity contribution >= 4 is 0 Å². The van der Waals surface area contributed by atoms with Gasteiger partial charge in [0, 0.05) is 7.11 Å². The highest BCUT2D eigenvalue weighted by molar-refractivity contribution is 5.38. The van der Waals surface area contributed by atoms with Gasteiger partial charge in [0.1, 0.15) is 6.04 Å². The van der Waals surface area contributed by atoms with Gasteiger partial charge in [-0.25, -0.2) is 0 Å². The molecule has 1 unspecified atom stereocenters. The lowest BCUT2D eigenvalue weighted by molar-refractivity contribution is 0.166. The van der Waals surface area contributed by atoms with Gasteiger partial charge >= 0.3 is 0 Å². The molecule has 1 aromatic heterocycles. The van der Waals surface area contributed by atoms with E-state index in [1.807, 2.05) is 18.2 Å². The van der Waals surface area contributed by atoms with E-state index in [2.05, 4.69) is 22.3 Å². The molecule has 1 heterocycles. The first-order chi connectivity index (χ1) is 9.26. The van der Waals surface area contributed by atoms with Gasteiger partial charge in [-0.15, -0.1) is 0 Å². The second-order valence-electron chi connectivity index (χ2n) is 4.97. The average molecular weight is 259 g/mol. The first-order valence-corrected chi connectivity index (χ1v) is 6.40. The van der Waals surface area contributed by atoms with E-state index < -0.39 is 0 Å². The molecule has 0 spiro atoms. The Bertz CT molecular complexity index is 549. The maximum absolute atomic E-state index is 5.90. The van der Waals surface area contributed by atoms with E-state index in [1.165, 1.54) is 5.56 Å². The average Bonchev–Trinajstić information content (AvgIpc) is 3.10. The summed E-state index contributed by atoms with van der Waals surface area (Å²) >= 11 is 0. The van der Waals surface area contributed by atoms with Gasteiger partial charge in [-0.1, -0.05) is 35.5 Å². The van der Waals surface area contributed by atoms with Crippen LogP contribution in [0.2, 0.25) is 0 Å². The summed E-state index contributed by atoms with van der Waals surface area (Å²) in [7, 11) is 1.60. The molecule has 5 heteroatoms.